The molecule has 0 unspecified atom stereocenters. The summed E-state index contributed by atoms with van der Waals surface area (Å²) in [7, 11) is 0. The van der Waals surface area contributed by atoms with E-state index in [2.05, 4.69) is 76.5 Å². The molecule has 4 N–H and O–H groups in total. The van der Waals surface area contributed by atoms with Gasteiger partial charge in [0.2, 0.25) is 0 Å². The molecule has 138 valence electrons. The summed E-state index contributed by atoms with van der Waals surface area (Å²) in [6.45, 7) is 4.17. The second-order valence-corrected chi connectivity index (χ2v) is 6.93. The molecule has 0 aliphatic carbocycles. The van der Waals surface area contributed by atoms with E-state index in [1.54, 1.807) is 0 Å². The number of benzene rings is 2. The van der Waals surface area contributed by atoms with E-state index in [0.29, 0.717) is 0 Å². The zero-order chi connectivity index (χ0) is 18.4. The van der Waals surface area contributed by atoms with Crippen molar-refractivity contribution in [3.8, 4) is 22.4 Å². The Morgan fingerprint density at radius 3 is 2.46 bits per heavy atom. The average Bonchev–Trinajstić information content (AvgIpc) is 3.12. The molecular weight excluding hydrogens is 344 g/mol. The van der Waals surface area contributed by atoms with Crippen LogP contribution in [-0.2, 0) is 0 Å². The van der Waals surface area contributed by atoms with Crippen LogP contribution in [0.25, 0.3) is 44.2 Å². The number of rotatable bonds is 2. The van der Waals surface area contributed by atoms with Crippen molar-refractivity contribution in [1.82, 2.24) is 21.1 Å². The third-order valence-corrected chi connectivity index (χ3v) is 5.33. The molecule has 0 atom stereocenters. The third kappa shape index (κ3) is 2.84. The standard InChI is InChI=1S/C24H19N3.H3N/c1-15-16(2)25-11-9-19(15)24-14-18-13-17(7-8-22(18)27-24)20-10-12-26-23-6-4-3-5-21(20)23;/h3-14,27H,1-2H3;1H3. The second kappa shape index (κ2) is 6.91. The molecule has 2 aromatic carbocycles. The van der Waals surface area contributed by atoms with Crippen molar-refractivity contribution in [1.29, 1.82) is 0 Å². The molecule has 28 heavy (non-hydrogen) atoms. The Morgan fingerprint density at radius 2 is 1.57 bits per heavy atom. The van der Waals surface area contributed by atoms with Gasteiger partial charge in [0.15, 0.2) is 0 Å². The van der Waals surface area contributed by atoms with Crippen LogP contribution in [0.1, 0.15) is 11.3 Å². The summed E-state index contributed by atoms with van der Waals surface area (Å²) in [5.74, 6) is 0. The molecular formula is C24H22N4. The summed E-state index contributed by atoms with van der Waals surface area (Å²) in [5.41, 5.74) is 9.18. The zero-order valence-electron chi connectivity index (χ0n) is 16.0. The van der Waals surface area contributed by atoms with Crippen LogP contribution < -0.4 is 6.15 Å². The number of aromatic amines is 1. The van der Waals surface area contributed by atoms with Gasteiger partial charge in [-0.2, -0.15) is 0 Å². The van der Waals surface area contributed by atoms with Crippen LogP contribution in [0, 0.1) is 13.8 Å². The maximum absolute atomic E-state index is 4.48. The van der Waals surface area contributed by atoms with Crippen LogP contribution in [-0.4, -0.2) is 15.0 Å². The lowest BCUT2D eigenvalue weighted by molar-refractivity contribution is 1.15. The third-order valence-electron chi connectivity index (χ3n) is 5.33. The molecule has 0 amide bonds. The molecule has 3 heterocycles. The molecule has 0 bridgehead atoms. The van der Waals surface area contributed by atoms with Gasteiger partial charge >= 0.3 is 0 Å². The fourth-order valence-electron chi connectivity index (χ4n) is 3.72. The van der Waals surface area contributed by atoms with Crippen LogP contribution in [0.2, 0.25) is 0 Å². The number of pyridine rings is 2. The lowest BCUT2D eigenvalue weighted by Gasteiger charge is -2.06. The largest absolute Gasteiger partial charge is 0.355 e. The minimum atomic E-state index is 0. The quantitative estimate of drug-likeness (QED) is 0.389. The van der Waals surface area contributed by atoms with E-state index in [4.69, 9.17) is 0 Å². The van der Waals surface area contributed by atoms with Crippen molar-refractivity contribution in [2.75, 3.05) is 0 Å². The number of aromatic nitrogens is 3. The normalized spacial score (nSPS) is 10.9. The lowest BCUT2D eigenvalue weighted by atomic mass is 10.00. The number of H-pyrrole nitrogens is 1. The van der Waals surface area contributed by atoms with Gasteiger partial charge in [-0.1, -0.05) is 24.3 Å². The van der Waals surface area contributed by atoms with Crippen molar-refractivity contribution < 1.29 is 0 Å². The molecule has 0 radical (unpaired) electrons. The molecule has 4 nitrogen and oxygen atoms in total. The molecule has 0 fully saturated rings. The highest BCUT2D eigenvalue weighted by atomic mass is 14.7. The minimum Gasteiger partial charge on any atom is -0.355 e. The first-order chi connectivity index (χ1) is 13.2. The summed E-state index contributed by atoms with van der Waals surface area (Å²) in [6, 6.07) is 21.3. The number of hydrogen-bond donors (Lipinski definition) is 2. The van der Waals surface area contributed by atoms with Crippen LogP contribution in [0.4, 0.5) is 0 Å². The Labute approximate surface area is 163 Å². The summed E-state index contributed by atoms with van der Waals surface area (Å²) in [4.78, 5) is 12.4. The zero-order valence-corrected chi connectivity index (χ0v) is 16.0. The molecule has 5 rings (SSSR count). The summed E-state index contributed by atoms with van der Waals surface area (Å²) in [5, 5.41) is 2.38. The fraction of sp³-hybridized carbons (Fsp3) is 0.0833. The maximum atomic E-state index is 4.48. The Morgan fingerprint density at radius 1 is 0.786 bits per heavy atom. The smallest absolute Gasteiger partial charge is 0.0708 e. The van der Waals surface area contributed by atoms with Gasteiger partial charge in [0.05, 0.1) is 5.52 Å². The SMILES string of the molecule is Cc1nccc(-c2cc3cc(-c4ccnc5ccccc45)ccc3[nH]2)c1C.N. The van der Waals surface area contributed by atoms with E-state index in [1.807, 2.05) is 25.4 Å². The first-order valence-corrected chi connectivity index (χ1v) is 9.10. The predicted molar refractivity (Wildman–Crippen MR) is 117 cm³/mol. The van der Waals surface area contributed by atoms with Gasteiger partial charge in [0.25, 0.3) is 0 Å². The van der Waals surface area contributed by atoms with E-state index >= 15 is 0 Å². The lowest BCUT2D eigenvalue weighted by Crippen LogP contribution is -1.90. The topological polar surface area (TPSA) is 76.6 Å². The predicted octanol–water partition coefficient (Wildman–Crippen LogP) is 6.22. The van der Waals surface area contributed by atoms with Gasteiger partial charge in [0.1, 0.15) is 0 Å². The molecule has 0 aliphatic heterocycles. The number of fused-ring (bicyclic) bond motifs is 2. The first-order valence-electron chi connectivity index (χ1n) is 9.10. The second-order valence-electron chi connectivity index (χ2n) is 6.93. The molecule has 3 aromatic heterocycles. The molecule has 0 saturated heterocycles. The van der Waals surface area contributed by atoms with Gasteiger partial charge in [-0.3, -0.25) is 9.97 Å². The van der Waals surface area contributed by atoms with Crippen molar-refractivity contribution in [2.24, 2.45) is 0 Å². The Bertz CT molecular complexity index is 1300. The molecule has 0 aliphatic rings. The first kappa shape index (κ1) is 17.9. The van der Waals surface area contributed by atoms with Gasteiger partial charge in [0, 0.05) is 45.6 Å². The summed E-state index contributed by atoms with van der Waals surface area (Å²) in [6.07, 6.45) is 3.76. The van der Waals surface area contributed by atoms with Crippen LogP contribution in [0.15, 0.2) is 73.1 Å². The van der Waals surface area contributed by atoms with Gasteiger partial charge in [-0.05, 0) is 66.9 Å². The number of nitrogens with zero attached hydrogens (tertiary/aromatic N) is 2. The van der Waals surface area contributed by atoms with Crippen LogP contribution >= 0.6 is 0 Å². The highest BCUT2D eigenvalue weighted by Crippen LogP contribution is 2.32. The van der Waals surface area contributed by atoms with E-state index in [1.165, 1.54) is 33.0 Å². The van der Waals surface area contributed by atoms with Crippen molar-refractivity contribution >= 4 is 21.8 Å². The van der Waals surface area contributed by atoms with Crippen LogP contribution in [0.5, 0.6) is 0 Å². The maximum Gasteiger partial charge on any atom is 0.0708 e. The van der Waals surface area contributed by atoms with E-state index in [0.717, 1.165) is 22.4 Å². The van der Waals surface area contributed by atoms with Gasteiger partial charge in [-0.15, -0.1) is 0 Å². The molecule has 5 aromatic rings. The van der Waals surface area contributed by atoms with E-state index < -0.39 is 0 Å². The van der Waals surface area contributed by atoms with Gasteiger partial charge in [-0.25, -0.2) is 0 Å². The Kier molecular flexibility index (Phi) is 4.41. The average molecular weight is 366 g/mol. The molecule has 0 saturated carbocycles. The Balaban J connectivity index is 0.00000192. The minimum absolute atomic E-state index is 0. The van der Waals surface area contributed by atoms with E-state index in [-0.39, 0.29) is 6.15 Å². The monoisotopic (exact) mass is 366 g/mol. The summed E-state index contributed by atoms with van der Waals surface area (Å²) >= 11 is 0. The van der Waals surface area contributed by atoms with Crippen molar-refractivity contribution in [2.45, 2.75) is 13.8 Å². The highest BCUT2D eigenvalue weighted by Gasteiger charge is 2.10. The number of hydrogen-bond acceptors (Lipinski definition) is 3. The van der Waals surface area contributed by atoms with Crippen LogP contribution in [0.3, 0.4) is 0 Å². The van der Waals surface area contributed by atoms with E-state index in [9.17, 15) is 0 Å². The molecule has 4 heteroatoms. The Hall–Kier alpha value is -3.50. The summed E-state index contributed by atoms with van der Waals surface area (Å²) < 4.78 is 0. The van der Waals surface area contributed by atoms with Gasteiger partial charge < -0.3 is 11.1 Å². The fourth-order valence-corrected chi connectivity index (χ4v) is 3.72. The van der Waals surface area contributed by atoms with Crippen molar-refractivity contribution in [3.05, 3.63) is 84.3 Å². The number of para-hydroxylation sites is 1. The van der Waals surface area contributed by atoms with Crippen molar-refractivity contribution in [3.63, 3.8) is 0 Å². The number of aryl methyl sites for hydroxylation is 1. The number of nitrogens with one attached hydrogen (secondary N) is 1. The highest BCUT2D eigenvalue weighted by molar-refractivity contribution is 5.97. The molecule has 0 spiro atoms.